The summed E-state index contributed by atoms with van der Waals surface area (Å²) >= 11 is 0. The van der Waals surface area contributed by atoms with Gasteiger partial charge in [-0.2, -0.15) is 0 Å². The summed E-state index contributed by atoms with van der Waals surface area (Å²) in [5, 5.41) is 2.83. The van der Waals surface area contributed by atoms with Crippen LogP contribution >= 0.6 is 0 Å². The first-order valence-electron chi connectivity index (χ1n) is 8.01. The lowest BCUT2D eigenvalue weighted by atomic mass is 9.76. The molecule has 2 aromatic rings. The Morgan fingerprint density at radius 1 is 1.08 bits per heavy atom. The van der Waals surface area contributed by atoms with Crippen molar-refractivity contribution in [2.45, 2.75) is 45.8 Å². The van der Waals surface area contributed by atoms with Crippen molar-refractivity contribution < 1.29 is 18.5 Å². The van der Waals surface area contributed by atoms with Crippen LogP contribution in [0.4, 0.5) is 5.69 Å². The normalized spacial score (nSPS) is 18.6. The lowest BCUT2D eigenvalue weighted by Crippen LogP contribution is -2.41. The molecule has 126 valence electrons. The van der Waals surface area contributed by atoms with E-state index in [-0.39, 0.29) is 11.7 Å². The molecule has 1 aromatic carbocycles. The Morgan fingerprint density at radius 3 is 2.33 bits per heavy atom. The molecule has 0 atom stereocenters. The number of amides is 1. The average molecular weight is 327 g/mol. The third-order valence-electron chi connectivity index (χ3n) is 4.79. The van der Waals surface area contributed by atoms with Crippen molar-refractivity contribution in [3.63, 3.8) is 0 Å². The van der Waals surface area contributed by atoms with E-state index in [1.807, 2.05) is 52.8 Å². The molecule has 0 bridgehead atoms. The van der Waals surface area contributed by atoms with Crippen LogP contribution in [0, 0.1) is 6.92 Å². The van der Waals surface area contributed by atoms with Gasteiger partial charge in [0.15, 0.2) is 5.76 Å². The molecule has 1 aliphatic rings. The van der Waals surface area contributed by atoms with E-state index in [9.17, 15) is 4.79 Å². The first kappa shape index (κ1) is 16.8. The molecule has 1 saturated heterocycles. The van der Waals surface area contributed by atoms with Gasteiger partial charge in [-0.25, -0.2) is 0 Å². The van der Waals surface area contributed by atoms with Crippen LogP contribution in [0.3, 0.4) is 0 Å². The highest BCUT2D eigenvalue weighted by atomic mass is 16.7. The fourth-order valence-corrected chi connectivity index (χ4v) is 2.54. The van der Waals surface area contributed by atoms with Crippen LogP contribution in [0.5, 0.6) is 0 Å². The molecule has 1 amide bonds. The van der Waals surface area contributed by atoms with Crippen LogP contribution in [-0.2, 0) is 9.31 Å². The molecule has 0 unspecified atom stereocenters. The van der Waals surface area contributed by atoms with Crippen LogP contribution in [0.2, 0.25) is 0 Å². The second kappa shape index (κ2) is 5.79. The van der Waals surface area contributed by atoms with E-state index in [1.54, 1.807) is 12.1 Å². The third-order valence-corrected chi connectivity index (χ3v) is 4.79. The predicted molar refractivity (Wildman–Crippen MR) is 93.6 cm³/mol. The fraction of sp³-hybridized carbons (Fsp3) is 0.389. The summed E-state index contributed by atoms with van der Waals surface area (Å²) in [5.74, 6) is -0.0171. The highest BCUT2D eigenvalue weighted by Gasteiger charge is 2.52. The minimum atomic E-state index is -0.463. The van der Waals surface area contributed by atoms with Crippen molar-refractivity contribution >= 4 is 24.2 Å². The maximum Gasteiger partial charge on any atom is 0.495 e. The standard InChI is InChI=1S/C18H22BNO4/c1-12-8-9-13(20-16(21)15-7-6-10-22-15)11-14(12)19-23-17(2,3)18(4,5)24-19/h6-11H,1-5H3,(H,20,21). The van der Waals surface area contributed by atoms with E-state index >= 15 is 0 Å². The van der Waals surface area contributed by atoms with Crippen LogP contribution in [0.25, 0.3) is 0 Å². The van der Waals surface area contributed by atoms with Crippen molar-refractivity contribution in [2.24, 2.45) is 0 Å². The largest absolute Gasteiger partial charge is 0.495 e. The minimum Gasteiger partial charge on any atom is -0.459 e. The summed E-state index contributed by atoms with van der Waals surface area (Å²) in [6.45, 7) is 10.1. The number of anilines is 1. The van der Waals surface area contributed by atoms with Gasteiger partial charge >= 0.3 is 7.12 Å². The van der Waals surface area contributed by atoms with Crippen molar-refractivity contribution in [1.29, 1.82) is 0 Å². The van der Waals surface area contributed by atoms with E-state index in [0.717, 1.165) is 11.0 Å². The van der Waals surface area contributed by atoms with Crippen molar-refractivity contribution in [2.75, 3.05) is 5.32 Å². The summed E-state index contributed by atoms with van der Waals surface area (Å²) in [7, 11) is -0.463. The molecule has 0 aliphatic carbocycles. The van der Waals surface area contributed by atoms with Crippen LogP contribution in [0.15, 0.2) is 41.0 Å². The number of hydrogen-bond acceptors (Lipinski definition) is 4. The zero-order valence-corrected chi connectivity index (χ0v) is 14.7. The van der Waals surface area contributed by atoms with Gasteiger partial charge in [0.1, 0.15) is 0 Å². The zero-order valence-electron chi connectivity index (χ0n) is 14.7. The Balaban J connectivity index is 1.84. The number of benzene rings is 1. The molecule has 1 aromatic heterocycles. The number of carbonyl (C=O) groups excluding carboxylic acids is 1. The minimum absolute atomic E-state index is 0.271. The molecule has 6 heteroatoms. The lowest BCUT2D eigenvalue weighted by molar-refractivity contribution is 0.00578. The molecule has 24 heavy (non-hydrogen) atoms. The van der Waals surface area contributed by atoms with Gasteiger partial charge in [0.2, 0.25) is 0 Å². The van der Waals surface area contributed by atoms with Gasteiger partial charge in [-0.3, -0.25) is 4.79 Å². The Kier molecular flexibility index (Phi) is 4.05. The maximum absolute atomic E-state index is 12.1. The molecule has 1 N–H and O–H groups in total. The first-order chi connectivity index (χ1) is 11.2. The molecule has 0 spiro atoms. The van der Waals surface area contributed by atoms with Gasteiger partial charge in [0.05, 0.1) is 17.5 Å². The molecule has 0 saturated carbocycles. The van der Waals surface area contributed by atoms with Crippen LogP contribution in [0.1, 0.15) is 43.8 Å². The molecule has 5 nitrogen and oxygen atoms in total. The highest BCUT2D eigenvalue weighted by Crippen LogP contribution is 2.36. The molecule has 1 fully saturated rings. The summed E-state index contributed by atoms with van der Waals surface area (Å²) < 4.78 is 17.3. The van der Waals surface area contributed by atoms with Gasteiger partial charge in [-0.05, 0) is 64.3 Å². The van der Waals surface area contributed by atoms with Crippen LogP contribution < -0.4 is 10.8 Å². The van der Waals surface area contributed by atoms with Crippen molar-refractivity contribution in [3.05, 3.63) is 47.9 Å². The summed E-state index contributed by atoms with van der Waals surface area (Å²) in [4.78, 5) is 12.1. The van der Waals surface area contributed by atoms with Crippen molar-refractivity contribution in [3.8, 4) is 0 Å². The molecular formula is C18H22BNO4. The molecule has 0 radical (unpaired) electrons. The maximum atomic E-state index is 12.1. The Bertz CT molecular complexity index is 736. The average Bonchev–Trinajstić information content (AvgIpc) is 3.08. The number of aryl methyl sites for hydroxylation is 1. The van der Waals surface area contributed by atoms with E-state index in [4.69, 9.17) is 13.7 Å². The monoisotopic (exact) mass is 327 g/mol. The third kappa shape index (κ3) is 2.99. The van der Waals surface area contributed by atoms with Gasteiger partial charge in [0.25, 0.3) is 5.91 Å². The topological polar surface area (TPSA) is 60.7 Å². The Morgan fingerprint density at radius 2 is 1.75 bits per heavy atom. The number of carbonyl (C=O) groups is 1. The Labute approximate surface area is 142 Å². The van der Waals surface area contributed by atoms with E-state index in [2.05, 4.69) is 5.32 Å². The molecule has 3 rings (SSSR count). The Hall–Kier alpha value is -2.05. The second-order valence-electron chi connectivity index (χ2n) is 7.09. The van der Waals surface area contributed by atoms with E-state index < -0.39 is 18.3 Å². The first-order valence-corrected chi connectivity index (χ1v) is 8.01. The summed E-state index contributed by atoms with van der Waals surface area (Å²) in [6.07, 6.45) is 1.47. The van der Waals surface area contributed by atoms with Gasteiger partial charge in [-0.15, -0.1) is 0 Å². The number of nitrogens with one attached hydrogen (secondary N) is 1. The predicted octanol–water partition coefficient (Wildman–Crippen LogP) is 3.14. The highest BCUT2D eigenvalue weighted by molar-refractivity contribution is 6.62. The summed E-state index contributed by atoms with van der Waals surface area (Å²) in [5.41, 5.74) is 1.82. The quantitative estimate of drug-likeness (QED) is 0.880. The van der Waals surface area contributed by atoms with Gasteiger partial charge in [0, 0.05) is 5.69 Å². The lowest BCUT2D eigenvalue weighted by Gasteiger charge is -2.32. The zero-order chi connectivity index (χ0) is 17.5. The van der Waals surface area contributed by atoms with E-state index in [0.29, 0.717) is 5.69 Å². The number of hydrogen-bond donors (Lipinski definition) is 1. The molecular weight excluding hydrogens is 305 g/mol. The number of furan rings is 1. The SMILES string of the molecule is Cc1ccc(NC(=O)c2ccco2)cc1B1OC(C)(C)C(C)(C)O1. The van der Waals surface area contributed by atoms with Crippen molar-refractivity contribution in [1.82, 2.24) is 0 Å². The van der Waals surface area contributed by atoms with Crippen LogP contribution in [-0.4, -0.2) is 24.2 Å². The molecule has 2 heterocycles. The van der Waals surface area contributed by atoms with E-state index in [1.165, 1.54) is 6.26 Å². The van der Waals surface area contributed by atoms with Gasteiger partial charge in [-0.1, -0.05) is 11.6 Å². The number of rotatable bonds is 3. The summed E-state index contributed by atoms with van der Waals surface area (Å²) in [6, 6.07) is 8.99. The fourth-order valence-electron chi connectivity index (χ4n) is 2.54. The van der Waals surface area contributed by atoms with Gasteiger partial charge < -0.3 is 19.0 Å². The smallest absolute Gasteiger partial charge is 0.459 e. The second-order valence-corrected chi connectivity index (χ2v) is 7.09. The molecule has 1 aliphatic heterocycles.